The van der Waals surface area contributed by atoms with E-state index in [0.717, 1.165) is 10.5 Å². The molecule has 0 aliphatic carbocycles. The number of aliphatic hydroxyl groups is 1. The van der Waals surface area contributed by atoms with Crippen LogP contribution in [0.5, 0.6) is 0 Å². The number of guanidine groups is 1. The topological polar surface area (TPSA) is 88.2 Å². The standard InChI is InChI=1S/C19H25N5O3/c1-12(2)10-20-18-21-16-15(17(26)23(4)19(27)22(16)3)24(18)11-14(25)13-8-6-5-7-9-13/h5-9,12,14-15,25H,10-11H2,1-4H3/p+1. The Bertz CT molecular complexity index is 803. The highest BCUT2D eigenvalue weighted by Crippen LogP contribution is 2.21. The SMILES string of the molecule is CC(C)CNC1=[N+](CC(O)c2ccccc2)C2C(=O)N(C)C(=O)N(C)C2=N1. The Morgan fingerprint density at radius 1 is 1.19 bits per heavy atom. The summed E-state index contributed by atoms with van der Waals surface area (Å²) < 4.78 is 1.75. The first kappa shape index (κ1) is 19.0. The number of hydrogen-bond donors (Lipinski definition) is 2. The molecule has 2 heterocycles. The van der Waals surface area contributed by atoms with Gasteiger partial charge in [0.2, 0.25) is 11.9 Å². The van der Waals surface area contributed by atoms with Crippen LogP contribution in [-0.4, -0.2) is 76.4 Å². The molecule has 0 spiro atoms. The number of benzene rings is 1. The van der Waals surface area contributed by atoms with Gasteiger partial charge in [-0.2, -0.15) is 0 Å². The average Bonchev–Trinajstić information content (AvgIpc) is 3.02. The summed E-state index contributed by atoms with van der Waals surface area (Å²) in [6.07, 6.45) is -0.794. The number of β-amino-alcohol motifs (C(OH)–C–C–N with tert-alkyl or cyclic N) is 1. The second-order valence-electron chi connectivity index (χ2n) is 7.29. The van der Waals surface area contributed by atoms with Gasteiger partial charge in [-0.25, -0.2) is 9.37 Å². The van der Waals surface area contributed by atoms with Gasteiger partial charge in [0.1, 0.15) is 6.10 Å². The Labute approximate surface area is 158 Å². The monoisotopic (exact) mass is 372 g/mol. The van der Waals surface area contributed by atoms with Crippen LogP contribution in [0.2, 0.25) is 0 Å². The first-order valence-corrected chi connectivity index (χ1v) is 9.05. The van der Waals surface area contributed by atoms with Crippen molar-refractivity contribution in [3.05, 3.63) is 35.9 Å². The predicted molar refractivity (Wildman–Crippen MR) is 102 cm³/mol. The minimum absolute atomic E-state index is 0.184. The van der Waals surface area contributed by atoms with Crippen molar-refractivity contribution >= 4 is 23.7 Å². The van der Waals surface area contributed by atoms with Crippen LogP contribution in [0.3, 0.4) is 0 Å². The molecule has 8 heteroatoms. The van der Waals surface area contributed by atoms with Crippen LogP contribution in [-0.2, 0) is 4.79 Å². The van der Waals surface area contributed by atoms with Gasteiger partial charge in [-0.15, -0.1) is 0 Å². The molecule has 0 bridgehead atoms. The lowest BCUT2D eigenvalue weighted by molar-refractivity contribution is -0.546. The van der Waals surface area contributed by atoms with Gasteiger partial charge < -0.3 is 5.11 Å². The van der Waals surface area contributed by atoms with Crippen LogP contribution in [0, 0.1) is 5.92 Å². The molecule has 1 fully saturated rings. The van der Waals surface area contributed by atoms with E-state index in [-0.39, 0.29) is 12.5 Å². The van der Waals surface area contributed by atoms with E-state index in [1.54, 1.807) is 11.6 Å². The fourth-order valence-electron chi connectivity index (χ4n) is 3.19. The summed E-state index contributed by atoms with van der Waals surface area (Å²) >= 11 is 0. The van der Waals surface area contributed by atoms with Gasteiger partial charge in [0.25, 0.3) is 5.91 Å². The summed E-state index contributed by atoms with van der Waals surface area (Å²) in [5.41, 5.74) is 0.759. The zero-order valence-corrected chi connectivity index (χ0v) is 16.1. The quantitative estimate of drug-likeness (QED) is 0.743. The van der Waals surface area contributed by atoms with Crippen molar-refractivity contribution in [3.63, 3.8) is 0 Å². The highest BCUT2D eigenvalue weighted by atomic mass is 16.3. The van der Waals surface area contributed by atoms with Gasteiger partial charge >= 0.3 is 12.0 Å². The van der Waals surface area contributed by atoms with Crippen molar-refractivity contribution in [1.29, 1.82) is 0 Å². The molecule has 0 saturated carbocycles. The number of fused-ring (bicyclic) bond motifs is 1. The summed E-state index contributed by atoms with van der Waals surface area (Å²) in [4.78, 5) is 32.1. The molecule has 2 aliphatic heterocycles. The second-order valence-corrected chi connectivity index (χ2v) is 7.29. The highest BCUT2D eigenvalue weighted by Gasteiger charge is 2.51. The Hall–Kier alpha value is -2.74. The molecule has 2 atom stereocenters. The molecule has 0 radical (unpaired) electrons. The first-order chi connectivity index (χ1) is 12.8. The third kappa shape index (κ3) is 3.57. The number of hydrogen-bond acceptors (Lipinski definition) is 5. The van der Waals surface area contributed by atoms with Gasteiger partial charge in [-0.3, -0.25) is 19.9 Å². The number of likely N-dealkylation sites (N-methyl/N-ethyl adjacent to an activating group) is 2. The Kier molecular flexibility index (Phi) is 5.27. The molecule has 1 aromatic rings. The number of urea groups is 1. The van der Waals surface area contributed by atoms with Crippen molar-refractivity contribution < 1.29 is 19.3 Å². The Morgan fingerprint density at radius 3 is 2.48 bits per heavy atom. The van der Waals surface area contributed by atoms with Crippen LogP contribution in [0.1, 0.15) is 25.5 Å². The summed E-state index contributed by atoms with van der Waals surface area (Å²) in [7, 11) is 3.07. The molecule has 144 valence electrons. The second kappa shape index (κ2) is 7.48. The highest BCUT2D eigenvalue weighted by molar-refractivity contribution is 6.22. The minimum Gasteiger partial charge on any atom is -0.385 e. The van der Waals surface area contributed by atoms with Crippen LogP contribution >= 0.6 is 0 Å². The molecule has 3 amide bonds. The van der Waals surface area contributed by atoms with Crippen LogP contribution in [0.4, 0.5) is 4.79 Å². The predicted octanol–water partition coefficient (Wildman–Crippen LogP) is 0.639. The summed E-state index contributed by atoms with van der Waals surface area (Å²) in [6, 6.07) is 8.14. The molecule has 2 unspecified atom stereocenters. The van der Waals surface area contributed by atoms with E-state index in [9.17, 15) is 14.7 Å². The summed E-state index contributed by atoms with van der Waals surface area (Å²) in [5, 5.41) is 13.9. The van der Waals surface area contributed by atoms with Crippen LogP contribution < -0.4 is 5.32 Å². The van der Waals surface area contributed by atoms with Gasteiger partial charge in [0.05, 0.1) is 13.1 Å². The van der Waals surface area contributed by atoms with Crippen LogP contribution in [0.25, 0.3) is 0 Å². The van der Waals surface area contributed by atoms with Crippen molar-refractivity contribution in [2.75, 3.05) is 27.2 Å². The number of amides is 3. The molecular formula is C19H26N5O3+. The van der Waals surface area contributed by atoms with Crippen molar-refractivity contribution in [2.24, 2.45) is 10.9 Å². The molecular weight excluding hydrogens is 346 g/mol. The number of aliphatic imine (C=N–C) groups is 1. The normalized spacial score (nSPS) is 21.0. The molecule has 8 nitrogen and oxygen atoms in total. The van der Waals surface area contributed by atoms with E-state index in [1.807, 2.05) is 30.3 Å². The lowest BCUT2D eigenvalue weighted by atomic mass is 10.1. The molecule has 3 rings (SSSR count). The number of nitrogens with one attached hydrogen (secondary N) is 1. The fourth-order valence-corrected chi connectivity index (χ4v) is 3.19. The molecule has 2 aliphatic rings. The number of rotatable bonds is 5. The lowest BCUT2D eigenvalue weighted by Gasteiger charge is -2.32. The zero-order valence-electron chi connectivity index (χ0n) is 16.1. The molecule has 1 saturated heterocycles. The third-order valence-corrected chi connectivity index (χ3v) is 4.75. The minimum atomic E-state index is -0.794. The largest absolute Gasteiger partial charge is 0.390 e. The number of aliphatic hydroxyl groups excluding tert-OH is 1. The maximum Gasteiger partial charge on any atom is 0.390 e. The smallest absolute Gasteiger partial charge is 0.385 e. The van der Waals surface area contributed by atoms with E-state index >= 15 is 0 Å². The fraction of sp³-hybridized carbons (Fsp3) is 0.474. The molecule has 27 heavy (non-hydrogen) atoms. The Balaban J connectivity index is 1.94. The van der Waals surface area contributed by atoms with E-state index in [1.165, 1.54) is 11.9 Å². The van der Waals surface area contributed by atoms with Gasteiger partial charge in [-0.1, -0.05) is 49.2 Å². The molecule has 0 aromatic heterocycles. The zero-order chi connectivity index (χ0) is 19.7. The maximum atomic E-state index is 12.8. The van der Waals surface area contributed by atoms with Gasteiger partial charge in [0, 0.05) is 14.1 Å². The van der Waals surface area contributed by atoms with Crippen LogP contribution in [0.15, 0.2) is 35.3 Å². The average molecular weight is 372 g/mol. The number of carbonyl (C=O) groups is 2. The molecule has 1 aromatic carbocycles. The number of nitrogens with zero attached hydrogens (tertiary/aromatic N) is 4. The maximum absolute atomic E-state index is 12.8. The number of imide groups is 1. The van der Waals surface area contributed by atoms with E-state index in [4.69, 9.17) is 0 Å². The van der Waals surface area contributed by atoms with Crippen molar-refractivity contribution in [2.45, 2.75) is 26.0 Å². The number of carbonyl (C=O) groups excluding carboxylic acids is 2. The summed E-state index contributed by atoms with van der Waals surface area (Å²) in [5.74, 6) is 0.911. The van der Waals surface area contributed by atoms with Crippen molar-refractivity contribution in [3.8, 4) is 0 Å². The van der Waals surface area contributed by atoms with Crippen molar-refractivity contribution in [1.82, 2.24) is 15.1 Å². The van der Waals surface area contributed by atoms with E-state index in [0.29, 0.717) is 24.3 Å². The number of amidine groups is 1. The van der Waals surface area contributed by atoms with E-state index < -0.39 is 18.2 Å². The molecule has 2 N–H and O–H groups in total. The van der Waals surface area contributed by atoms with E-state index in [2.05, 4.69) is 24.2 Å². The van der Waals surface area contributed by atoms with Gasteiger partial charge in [-0.05, 0) is 11.5 Å². The third-order valence-electron chi connectivity index (χ3n) is 4.75. The first-order valence-electron chi connectivity index (χ1n) is 9.05. The lowest BCUT2D eigenvalue weighted by Crippen LogP contribution is -2.61. The Morgan fingerprint density at radius 2 is 1.85 bits per heavy atom. The van der Waals surface area contributed by atoms with Gasteiger partial charge in [0.15, 0.2) is 0 Å². The summed E-state index contributed by atoms with van der Waals surface area (Å²) in [6.45, 7) is 4.99.